The molecule has 0 radical (unpaired) electrons. The first kappa shape index (κ1) is 20.8. The fraction of sp³-hybridized carbons (Fsp3) is 0.318. The molecule has 31 heavy (non-hydrogen) atoms. The molecule has 0 saturated heterocycles. The molecule has 1 aromatic rings. The van der Waals surface area contributed by atoms with Crippen LogP contribution in [0, 0.1) is 17.8 Å². The second-order valence-electron chi connectivity index (χ2n) is 8.05. The Morgan fingerprint density at radius 2 is 1.87 bits per heavy atom. The summed E-state index contributed by atoms with van der Waals surface area (Å²) in [7, 11) is 0. The quantitative estimate of drug-likeness (QED) is 0.373. The standard InChI is InChI=1S/C22H21NO8/c1-3-8-15-18(27)11-7(2)9-5-4-6-10(24)12(9)17(26)13(11)19(28)22(15,31)20(29)14(16(8)25)21(23)30/h4-6,8,11,15,18,24-25,27-28,31H,2-3H2,1H3,(H2,23,30)/t8-,11?,15?,18-,22-/m0/s1. The predicted molar refractivity (Wildman–Crippen MR) is 107 cm³/mol. The first-order valence-corrected chi connectivity index (χ1v) is 9.67. The number of phenolic OH excluding ortho intramolecular Hbond substituents is 1. The van der Waals surface area contributed by atoms with Gasteiger partial charge in [-0.2, -0.15) is 0 Å². The van der Waals surface area contributed by atoms with Gasteiger partial charge in [0.1, 0.15) is 22.8 Å². The normalized spacial score (nSPS) is 32.5. The van der Waals surface area contributed by atoms with Crippen LogP contribution in [0.2, 0.25) is 0 Å². The largest absolute Gasteiger partial charge is 0.511 e. The summed E-state index contributed by atoms with van der Waals surface area (Å²) in [4.78, 5) is 38.1. The Morgan fingerprint density at radius 3 is 2.45 bits per heavy atom. The van der Waals surface area contributed by atoms with Gasteiger partial charge in [-0.15, -0.1) is 0 Å². The number of hydrogen-bond acceptors (Lipinski definition) is 8. The Kier molecular flexibility index (Phi) is 4.39. The number of aromatic hydroxyl groups is 1. The summed E-state index contributed by atoms with van der Waals surface area (Å²) in [5.41, 5.74) is 1.21. The number of Topliss-reactive ketones (excluding diaryl/α,β-unsaturated/α-hetero) is 2. The number of aliphatic hydroxyl groups excluding tert-OH is 3. The number of allylic oxidation sites excluding steroid dienone is 1. The van der Waals surface area contributed by atoms with Crippen molar-refractivity contribution in [1.29, 1.82) is 0 Å². The van der Waals surface area contributed by atoms with Gasteiger partial charge in [0.25, 0.3) is 5.91 Å². The van der Waals surface area contributed by atoms with Crippen LogP contribution in [-0.2, 0) is 9.59 Å². The summed E-state index contributed by atoms with van der Waals surface area (Å²) in [5, 5.41) is 54.4. The molecule has 0 aliphatic heterocycles. The molecule has 9 nitrogen and oxygen atoms in total. The van der Waals surface area contributed by atoms with Crippen LogP contribution in [0.4, 0.5) is 0 Å². The fourth-order valence-corrected chi connectivity index (χ4v) is 5.25. The van der Waals surface area contributed by atoms with E-state index >= 15 is 0 Å². The van der Waals surface area contributed by atoms with E-state index in [-0.39, 0.29) is 23.1 Å². The molecule has 1 aromatic carbocycles. The molecule has 5 atom stereocenters. The van der Waals surface area contributed by atoms with E-state index in [2.05, 4.69) is 6.58 Å². The van der Waals surface area contributed by atoms with E-state index in [0.717, 1.165) is 0 Å². The number of carbonyl (C=O) groups excluding carboxylic acids is 3. The third-order valence-corrected chi connectivity index (χ3v) is 6.65. The van der Waals surface area contributed by atoms with Gasteiger partial charge in [-0.05, 0) is 23.6 Å². The second-order valence-corrected chi connectivity index (χ2v) is 8.05. The Bertz CT molecular complexity index is 1150. The molecule has 162 valence electrons. The monoisotopic (exact) mass is 427 g/mol. The number of carbonyl (C=O) groups is 3. The van der Waals surface area contributed by atoms with Gasteiger partial charge in [-0.25, -0.2) is 0 Å². The lowest BCUT2D eigenvalue weighted by atomic mass is 9.55. The summed E-state index contributed by atoms with van der Waals surface area (Å²) in [5.74, 6) is -9.56. The number of rotatable bonds is 2. The van der Waals surface area contributed by atoms with Gasteiger partial charge in [-0.1, -0.05) is 25.6 Å². The molecule has 3 aliphatic rings. The van der Waals surface area contributed by atoms with E-state index in [9.17, 15) is 39.9 Å². The molecule has 3 aliphatic carbocycles. The first-order chi connectivity index (χ1) is 14.5. The zero-order valence-electron chi connectivity index (χ0n) is 16.5. The molecule has 7 N–H and O–H groups in total. The van der Waals surface area contributed by atoms with Crippen molar-refractivity contribution >= 4 is 23.0 Å². The summed E-state index contributed by atoms with van der Waals surface area (Å²) in [6.45, 7) is 5.50. The Labute approximate surface area is 176 Å². The van der Waals surface area contributed by atoms with Crippen LogP contribution in [0.25, 0.3) is 5.57 Å². The number of aliphatic hydroxyl groups is 4. The van der Waals surface area contributed by atoms with Gasteiger partial charge in [0.15, 0.2) is 11.4 Å². The van der Waals surface area contributed by atoms with Crippen LogP contribution >= 0.6 is 0 Å². The molecule has 0 fully saturated rings. The summed E-state index contributed by atoms with van der Waals surface area (Å²) in [6.07, 6.45) is -1.55. The minimum atomic E-state index is -2.87. The fourth-order valence-electron chi connectivity index (χ4n) is 5.25. The van der Waals surface area contributed by atoms with Crippen LogP contribution in [0.3, 0.4) is 0 Å². The SMILES string of the molecule is C=C1c2cccc(O)c2C(=O)C2=C(O)[C@]3(O)C(=O)C(C(N)=O)=C(O)[C@@H](CC)C3[C@@H](O)C12. The molecular weight excluding hydrogens is 406 g/mol. The van der Waals surface area contributed by atoms with E-state index in [0.29, 0.717) is 0 Å². The van der Waals surface area contributed by atoms with E-state index in [1.165, 1.54) is 18.2 Å². The van der Waals surface area contributed by atoms with Crippen molar-refractivity contribution in [3.05, 3.63) is 58.6 Å². The molecular formula is C22H21NO8. The number of phenols is 1. The first-order valence-electron chi connectivity index (χ1n) is 9.67. The van der Waals surface area contributed by atoms with Gasteiger partial charge in [0.05, 0.1) is 17.2 Å². The highest BCUT2D eigenvalue weighted by Gasteiger charge is 2.66. The van der Waals surface area contributed by atoms with Crippen molar-refractivity contribution in [2.75, 3.05) is 0 Å². The number of fused-ring (bicyclic) bond motifs is 3. The zero-order chi connectivity index (χ0) is 23.0. The van der Waals surface area contributed by atoms with E-state index in [4.69, 9.17) is 5.73 Å². The highest BCUT2D eigenvalue weighted by Crippen LogP contribution is 2.56. The van der Waals surface area contributed by atoms with Crippen LogP contribution in [0.5, 0.6) is 5.75 Å². The minimum Gasteiger partial charge on any atom is -0.511 e. The zero-order valence-corrected chi connectivity index (χ0v) is 16.5. The highest BCUT2D eigenvalue weighted by molar-refractivity contribution is 6.25. The van der Waals surface area contributed by atoms with E-state index in [1.54, 1.807) is 6.92 Å². The maximum atomic E-state index is 13.2. The molecule has 0 saturated carbocycles. The number of hydrogen-bond donors (Lipinski definition) is 6. The van der Waals surface area contributed by atoms with Crippen molar-refractivity contribution < 1.29 is 39.9 Å². The number of ketones is 2. The lowest BCUT2D eigenvalue weighted by Gasteiger charge is -2.51. The molecule has 0 heterocycles. The predicted octanol–water partition coefficient (Wildman–Crippen LogP) is 0.658. The summed E-state index contributed by atoms with van der Waals surface area (Å²) < 4.78 is 0. The lowest BCUT2D eigenvalue weighted by Crippen LogP contribution is -2.64. The average Bonchev–Trinajstić information content (AvgIpc) is 2.70. The highest BCUT2D eigenvalue weighted by atomic mass is 16.4. The van der Waals surface area contributed by atoms with Crippen molar-refractivity contribution in [3.63, 3.8) is 0 Å². The van der Waals surface area contributed by atoms with Gasteiger partial charge in [0.2, 0.25) is 5.78 Å². The van der Waals surface area contributed by atoms with Crippen LogP contribution in [0.15, 0.2) is 47.4 Å². The lowest BCUT2D eigenvalue weighted by molar-refractivity contribution is -0.159. The maximum absolute atomic E-state index is 13.2. The van der Waals surface area contributed by atoms with Crippen LogP contribution < -0.4 is 5.73 Å². The third kappa shape index (κ3) is 2.35. The number of primary amides is 1. The van der Waals surface area contributed by atoms with Gasteiger partial charge in [-0.3, -0.25) is 14.4 Å². The van der Waals surface area contributed by atoms with Crippen LogP contribution in [0.1, 0.15) is 29.3 Å². The van der Waals surface area contributed by atoms with Crippen molar-refractivity contribution in [3.8, 4) is 5.75 Å². The number of amides is 1. The summed E-state index contributed by atoms with van der Waals surface area (Å²) >= 11 is 0. The summed E-state index contributed by atoms with van der Waals surface area (Å²) in [6, 6.07) is 4.26. The third-order valence-electron chi connectivity index (χ3n) is 6.65. The molecule has 0 spiro atoms. The number of benzene rings is 1. The van der Waals surface area contributed by atoms with Gasteiger partial charge < -0.3 is 31.3 Å². The van der Waals surface area contributed by atoms with Crippen molar-refractivity contribution in [2.24, 2.45) is 23.5 Å². The topological polar surface area (TPSA) is 178 Å². The molecule has 0 bridgehead atoms. The molecule has 0 aromatic heterocycles. The van der Waals surface area contributed by atoms with E-state index < -0.39 is 75.3 Å². The van der Waals surface area contributed by atoms with Crippen molar-refractivity contribution in [1.82, 2.24) is 0 Å². The van der Waals surface area contributed by atoms with E-state index in [1.807, 2.05) is 0 Å². The molecule has 9 heteroatoms. The molecule has 1 amide bonds. The second kappa shape index (κ2) is 6.53. The maximum Gasteiger partial charge on any atom is 0.255 e. The Balaban J connectivity index is 2.06. The van der Waals surface area contributed by atoms with Crippen molar-refractivity contribution in [2.45, 2.75) is 25.0 Å². The number of nitrogens with two attached hydrogens (primary N) is 1. The molecule has 2 unspecified atom stereocenters. The van der Waals surface area contributed by atoms with Gasteiger partial charge >= 0.3 is 0 Å². The van der Waals surface area contributed by atoms with Crippen LogP contribution in [-0.4, -0.2) is 54.7 Å². The minimum absolute atomic E-state index is 0.0764. The van der Waals surface area contributed by atoms with Gasteiger partial charge in [0, 0.05) is 17.8 Å². The Morgan fingerprint density at radius 1 is 1.23 bits per heavy atom. The Hall–Kier alpha value is -3.43. The average molecular weight is 427 g/mol. The smallest absolute Gasteiger partial charge is 0.255 e. The molecule has 4 rings (SSSR count).